The number of benzene rings is 1. The number of fused-ring (bicyclic) bond motifs is 1. The van der Waals surface area contributed by atoms with E-state index in [1.54, 1.807) is 30.6 Å². The summed E-state index contributed by atoms with van der Waals surface area (Å²) in [6, 6.07) is 8.11. The van der Waals surface area contributed by atoms with E-state index in [0.29, 0.717) is 17.0 Å². The van der Waals surface area contributed by atoms with Crippen molar-refractivity contribution in [2.24, 2.45) is 0 Å². The second kappa shape index (κ2) is 5.27. The number of carboxylic acid groups (broad SMARTS) is 1. The van der Waals surface area contributed by atoms with E-state index in [0.717, 1.165) is 5.56 Å². The van der Waals surface area contributed by atoms with Crippen LogP contribution >= 0.6 is 0 Å². The van der Waals surface area contributed by atoms with Crippen molar-refractivity contribution in [2.75, 3.05) is 0 Å². The molecular formula is C13H9LiN2O3. The quantitative estimate of drug-likeness (QED) is 0.701. The summed E-state index contributed by atoms with van der Waals surface area (Å²) in [4.78, 5) is 19.0. The molecule has 0 fully saturated rings. The molecule has 19 heavy (non-hydrogen) atoms. The molecule has 3 aromatic rings. The van der Waals surface area contributed by atoms with E-state index in [2.05, 4.69) is 9.97 Å². The van der Waals surface area contributed by atoms with Crippen LogP contribution in [0.15, 0.2) is 47.1 Å². The summed E-state index contributed by atoms with van der Waals surface area (Å²) in [7, 11) is 0. The summed E-state index contributed by atoms with van der Waals surface area (Å²) in [5.41, 5.74) is 2.30. The summed E-state index contributed by atoms with van der Waals surface area (Å²) in [5.74, 6) is -0.502. The van der Waals surface area contributed by atoms with Gasteiger partial charge in [-0.15, -0.1) is 0 Å². The zero-order valence-corrected chi connectivity index (χ0v) is 9.20. The van der Waals surface area contributed by atoms with Crippen molar-refractivity contribution in [1.82, 2.24) is 9.97 Å². The Bertz CT molecular complexity index is 689. The first-order valence-electron chi connectivity index (χ1n) is 5.28. The Balaban J connectivity index is 0.00000133. The van der Waals surface area contributed by atoms with Crippen LogP contribution in [0.5, 0.6) is 0 Å². The van der Waals surface area contributed by atoms with Crippen LogP contribution in [0.2, 0.25) is 0 Å². The summed E-state index contributed by atoms with van der Waals surface area (Å²) < 4.78 is 5.56. The molecule has 1 N–H and O–H groups in total. The Morgan fingerprint density at radius 3 is 2.53 bits per heavy atom. The summed E-state index contributed by atoms with van der Waals surface area (Å²) in [5, 5.41) is 8.81. The Labute approximate surface area is 120 Å². The van der Waals surface area contributed by atoms with E-state index in [1.165, 1.54) is 12.1 Å². The van der Waals surface area contributed by atoms with E-state index < -0.39 is 5.97 Å². The number of hydrogen-bond acceptors (Lipinski definition) is 4. The van der Waals surface area contributed by atoms with Gasteiger partial charge in [-0.1, -0.05) is 0 Å². The van der Waals surface area contributed by atoms with Gasteiger partial charge in [-0.3, -0.25) is 4.98 Å². The molecule has 5 nitrogen and oxygen atoms in total. The molecule has 6 heteroatoms. The maximum absolute atomic E-state index is 10.7. The molecule has 0 saturated carbocycles. The second-order valence-corrected chi connectivity index (χ2v) is 3.74. The number of carbonyl (C=O) groups is 1. The standard InChI is InChI=1S/C13H8N2O3.Li.H/c16-13(17)9-3-1-8(2-4-9)12-15-10-7-14-6-5-11(10)18-12;;/h1-7H,(H,16,17);;. The molecule has 0 aliphatic rings. The fourth-order valence-electron chi connectivity index (χ4n) is 1.66. The van der Waals surface area contributed by atoms with Crippen LogP contribution in [0.1, 0.15) is 10.4 Å². The van der Waals surface area contributed by atoms with Gasteiger partial charge in [0, 0.05) is 17.8 Å². The van der Waals surface area contributed by atoms with Crippen LogP contribution < -0.4 is 0 Å². The molecule has 1 aromatic carbocycles. The minimum atomic E-state index is -0.955. The number of nitrogens with zero attached hydrogens (tertiary/aromatic N) is 2. The molecule has 90 valence electrons. The molecule has 0 amide bonds. The summed E-state index contributed by atoms with van der Waals surface area (Å²) >= 11 is 0. The molecule has 0 saturated heterocycles. The van der Waals surface area contributed by atoms with Gasteiger partial charge in [0.1, 0.15) is 5.52 Å². The van der Waals surface area contributed by atoms with Gasteiger partial charge in [0.15, 0.2) is 5.58 Å². The minimum absolute atomic E-state index is 0. The summed E-state index contributed by atoms with van der Waals surface area (Å²) in [6.45, 7) is 0. The SMILES string of the molecule is O=C(O)c1ccc(-c2nc3cnccc3o2)cc1.[LiH]. The van der Waals surface area contributed by atoms with Crippen molar-refractivity contribution >= 4 is 35.9 Å². The molecule has 0 bridgehead atoms. The molecule has 3 rings (SSSR count). The van der Waals surface area contributed by atoms with Crippen LogP contribution in [0.3, 0.4) is 0 Å². The van der Waals surface area contributed by atoms with Crippen molar-refractivity contribution in [2.45, 2.75) is 0 Å². The van der Waals surface area contributed by atoms with E-state index in [9.17, 15) is 4.79 Å². The number of oxazole rings is 1. The van der Waals surface area contributed by atoms with Gasteiger partial charge in [0.2, 0.25) is 5.89 Å². The number of carboxylic acids is 1. The van der Waals surface area contributed by atoms with E-state index in [-0.39, 0.29) is 24.4 Å². The third-order valence-corrected chi connectivity index (χ3v) is 2.57. The molecule has 0 atom stereocenters. The van der Waals surface area contributed by atoms with Gasteiger partial charge < -0.3 is 9.52 Å². The zero-order chi connectivity index (χ0) is 12.5. The Hall–Kier alpha value is -2.09. The van der Waals surface area contributed by atoms with Crippen molar-refractivity contribution in [3.05, 3.63) is 48.3 Å². The van der Waals surface area contributed by atoms with Crippen molar-refractivity contribution in [3.63, 3.8) is 0 Å². The third kappa shape index (κ3) is 2.52. The third-order valence-electron chi connectivity index (χ3n) is 2.57. The Kier molecular flexibility index (Phi) is 3.70. The first kappa shape index (κ1) is 13.3. The Morgan fingerprint density at radius 1 is 1.16 bits per heavy atom. The number of pyridine rings is 1. The summed E-state index contributed by atoms with van der Waals surface area (Å²) in [6.07, 6.45) is 3.25. The second-order valence-electron chi connectivity index (χ2n) is 3.74. The number of aromatic nitrogens is 2. The van der Waals surface area contributed by atoms with Gasteiger partial charge in [0.25, 0.3) is 0 Å². The van der Waals surface area contributed by atoms with Crippen LogP contribution in [0, 0.1) is 0 Å². The van der Waals surface area contributed by atoms with Gasteiger partial charge in [-0.25, -0.2) is 9.78 Å². The van der Waals surface area contributed by atoms with Gasteiger partial charge in [-0.2, -0.15) is 0 Å². The van der Waals surface area contributed by atoms with E-state index in [4.69, 9.17) is 9.52 Å². The molecule has 0 spiro atoms. The molecule has 2 heterocycles. The molecule has 0 radical (unpaired) electrons. The fraction of sp³-hybridized carbons (Fsp3) is 0. The number of aromatic carboxylic acids is 1. The monoisotopic (exact) mass is 248 g/mol. The Morgan fingerprint density at radius 2 is 1.89 bits per heavy atom. The fourth-order valence-corrected chi connectivity index (χ4v) is 1.66. The van der Waals surface area contributed by atoms with E-state index >= 15 is 0 Å². The number of hydrogen-bond donors (Lipinski definition) is 1. The van der Waals surface area contributed by atoms with Gasteiger partial charge in [0.05, 0.1) is 11.8 Å². The van der Waals surface area contributed by atoms with Crippen molar-refractivity contribution < 1.29 is 14.3 Å². The predicted molar refractivity (Wildman–Crippen MR) is 71.3 cm³/mol. The average molecular weight is 248 g/mol. The van der Waals surface area contributed by atoms with Crippen LogP contribution in [-0.4, -0.2) is 39.9 Å². The van der Waals surface area contributed by atoms with Crippen LogP contribution in [0.25, 0.3) is 22.6 Å². The molecule has 0 aliphatic carbocycles. The first-order valence-corrected chi connectivity index (χ1v) is 5.28. The van der Waals surface area contributed by atoms with Crippen LogP contribution in [-0.2, 0) is 0 Å². The van der Waals surface area contributed by atoms with E-state index in [1.807, 2.05) is 0 Å². The van der Waals surface area contributed by atoms with Crippen molar-refractivity contribution in [3.8, 4) is 11.5 Å². The molecule has 0 unspecified atom stereocenters. The van der Waals surface area contributed by atoms with Crippen molar-refractivity contribution in [1.29, 1.82) is 0 Å². The topological polar surface area (TPSA) is 76.2 Å². The van der Waals surface area contributed by atoms with Gasteiger partial charge in [-0.05, 0) is 24.3 Å². The maximum atomic E-state index is 10.7. The zero-order valence-electron chi connectivity index (χ0n) is 9.20. The van der Waals surface area contributed by atoms with Crippen LogP contribution in [0.4, 0.5) is 0 Å². The normalized spacial score (nSPS) is 10.1. The predicted octanol–water partition coefficient (Wildman–Crippen LogP) is 1.94. The van der Waals surface area contributed by atoms with Gasteiger partial charge >= 0.3 is 24.8 Å². The molecule has 2 aromatic heterocycles. The first-order chi connectivity index (χ1) is 8.74. The molecular weight excluding hydrogens is 239 g/mol. The molecule has 0 aliphatic heterocycles. The number of rotatable bonds is 2. The average Bonchev–Trinajstić information content (AvgIpc) is 2.82.